The Morgan fingerprint density at radius 2 is 0.639 bits per heavy atom. The molecule has 4 nitrogen and oxygen atoms in total. The number of aromatic nitrogens is 4. The Morgan fingerprint density at radius 3 is 0.983 bits per heavy atom. The first kappa shape index (κ1) is 74.4. The zero-order chi connectivity index (χ0) is 90.9. The van der Waals surface area contributed by atoms with E-state index in [0.29, 0.717) is 5.56 Å². The highest BCUT2D eigenvalue weighted by atomic mass is 15.0. The Labute approximate surface area is 723 Å². The number of benzene rings is 8. The van der Waals surface area contributed by atoms with Gasteiger partial charge in [-0.25, -0.2) is 18.3 Å². The molecule has 0 spiro atoms. The van der Waals surface area contributed by atoms with E-state index >= 15 is 0 Å². The first-order chi connectivity index (χ1) is 57.9. The van der Waals surface area contributed by atoms with E-state index in [1.807, 2.05) is 60.9 Å². The Kier molecular flexibility index (Phi) is 17.0. The molecule has 0 saturated heterocycles. The van der Waals surface area contributed by atoms with Gasteiger partial charge in [-0.1, -0.05) is 242 Å². The van der Waals surface area contributed by atoms with Crippen molar-refractivity contribution in [2.75, 3.05) is 0 Å². The molecule has 0 saturated carbocycles. The smallest absolute Gasteiger partial charge is 0.201 e. The molecule has 0 bridgehead atoms. The van der Waals surface area contributed by atoms with E-state index in [0.717, 1.165) is 47.9 Å². The van der Waals surface area contributed by atoms with Gasteiger partial charge in [0.1, 0.15) is 28.2 Å². The molecule has 20 rings (SSSR count). The van der Waals surface area contributed by atoms with Crippen LogP contribution in [0, 0.1) is 53.8 Å². The van der Waals surface area contributed by atoms with E-state index in [4.69, 9.17) is 5.48 Å². The van der Waals surface area contributed by atoms with Crippen molar-refractivity contribution < 1.29 is 26.5 Å². The zero-order valence-electron chi connectivity index (χ0n) is 83.7. The van der Waals surface area contributed by atoms with Crippen LogP contribution in [0.25, 0.3) is 89.5 Å². The second kappa shape index (κ2) is 27.2. The monoisotopic (exact) mass is 1580 g/mol. The van der Waals surface area contributed by atoms with Gasteiger partial charge in [0.15, 0.2) is 24.8 Å². The quantitative estimate of drug-likeness (QED) is 0.153. The van der Waals surface area contributed by atoms with Crippen LogP contribution in [0.1, 0.15) is 299 Å². The second-order valence-electron chi connectivity index (χ2n) is 42.5. The van der Waals surface area contributed by atoms with Crippen molar-refractivity contribution in [2.24, 2.45) is 33.6 Å². The molecule has 8 aliphatic carbocycles. The molecule has 0 atom stereocenters. The minimum atomic E-state index is -2.13. The lowest BCUT2D eigenvalue weighted by molar-refractivity contribution is -0.661. The summed E-state index contributed by atoms with van der Waals surface area (Å²) >= 11 is 0. The van der Waals surface area contributed by atoms with Crippen LogP contribution in [0.15, 0.2) is 164 Å². The van der Waals surface area contributed by atoms with Gasteiger partial charge in [0, 0.05) is 75.9 Å². The number of pyridine rings is 4. The summed E-state index contributed by atoms with van der Waals surface area (Å²) in [6, 6.07) is 51.8. The van der Waals surface area contributed by atoms with Gasteiger partial charge in [-0.2, -0.15) is 0 Å². The third-order valence-corrected chi connectivity index (χ3v) is 32.9. The summed E-state index contributed by atoms with van der Waals surface area (Å²) in [6.45, 7) is 59.3. The van der Waals surface area contributed by atoms with E-state index in [1.54, 1.807) is 0 Å². The van der Waals surface area contributed by atoms with Gasteiger partial charge >= 0.3 is 0 Å². The van der Waals surface area contributed by atoms with Crippen molar-refractivity contribution in [3.8, 4) is 89.5 Å². The van der Waals surface area contributed by atoms with E-state index in [2.05, 4.69) is 337 Å². The van der Waals surface area contributed by atoms with Gasteiger partial charge in [0.2, 0.25) is 22.8 Å². The number of aryl methyl sites for hydroxylation is 6. The lowest BCUT2D eigenvalue weighted by atomic mass is 9.54. The molecule has 8 aromatic carbocycles. The summed E-state index contributed by atoms with van der Waals surface area (Å²) < 4.78 is 60.8. The van der Waals surface area contributed by atoms with Gasteiger partial charge in [-0.3, -0.25) is 0 Å². The minimum absolute atomic E-state index is 0.0474. The fourth-order valence-corrected chi connectivity index (χ4v) is 23.4. The average molecular weight is 1580 g/mol. The van der Waals surface area contributed by atoms with Gasteiger partial charge in [0.25, 0.3) is 0 Å². The molecular formula is C115H134N4+4. The molecule has 12 aromatic rings. The summed E-state index contributed by atoms with van der Waals surface area (Å²) in [5, 5.41) is 0. The van der Waals surface area contributed by atoms with Crippen molar-refractivity contribution >= 4 is 0 Å². The molecule has 8 aliphatic rings. The predicted molar refractivity (Wildman–Crippen MR) is 500 cm³/mol. The molecule has 0 amide bonds. The number of hydrogen-bond acceptors (Lipinski definition) is 0. The molecule has 4 aromatic heterocycles. The van der Waals surface area contributed by atoms with Gasteiger partial charge < -0.3 is 0 Å². The molecular weight excluding hydrogens is 1440 g/mol. The normalized spacial score (nSPS) is 18.5. The van der Waals surface area contributed by atoms with Crippen LogP contribution in [0.2, 0.25) is 0 Å². The van der Waals surface area contributed by atoms with E-state index in [-0.39, 0.29) is 43.3 Å². The number of fused-ring (bicyclic) bond motifs is 24. The third-order valence-electron chi connectivity index (χ3n) is 32.9. The number of hydrogen-bond donors (Lipinski definition) is 0. The number of rotatable bonds is 2. The second-order valence-corrected chi connectivity index (χ2v) is 42.5. The highest BCUT2D eigenvalue weighted by Gasteiger charge is 2.57. The average Bonchev–Trinajstić information content (AvgIpc) is 1.67. The van der Waals surface area contributed by atoms with Crippen molar-refractivity contribution in [3.63, 3.8) is 0 Å². The topological polar surface area (TPSA) is 15.5 Å². The largest absolute Gasteiger partial charge is 0.216 e. The molecule has 0 fully saturated rings. The molecule has 0 radical (unpaired) electrons. The molecule has 4 heteroatoms. The minimum Gasteiger partial charge on any atom is -0.201 e. The lowest BCUT2D eigenvalue weighted by Crippen LogP contribution is -2.49. The standard InChI is InChI=1S/C31H38N.C29H34N.C28H32N.C27H30N/c1-19-23-16-20-12-10-11-13-22(20)24(23)17-25-26(19)28-27(31(7,8)30(25,5)6)21(14-15-32(28)9)18-29(2,3)4;1-17(2)20-13-14-30(8)27-25-18(3)22-15-19-11-9-10-12-21(19)23(22)16-24(25)28(4,5)29(6,7)26(20)27;1-16-15-29(8)26-24-18(3)21-13-19-11-9-10-12-20(19)22(21)14-23(24)27(4,5)28(6,7)25(26)17(16)2;1-16-12-13-28(7)25-23-17(2)20-14-18-10-8-9-11-19(18)21(20)15-22(23)26(3,4)27(5,6)24(16)25/h10-15,17H,16,18H2,1-9H3;9-14,16-17H,15H2,1-8H3;9-12,14-15H,13H2,1-8H3;8-13,15H,14H2,1-7H3/q4*+1/i18D2;17D;1D3;. The van der Waals surface area contributed by atoms with Crippen molar-refractivity contribution in [1.82, 2.24) is 0 Å². The van der Waals surface area contributed by atoms with Crippen LogP contribution < -0.4 is 18.3 Å². The Morgan fingerprint density at radius 1 is 0.345 bits per heavy atom. The maximum atomic E-state index is 9.24. The maximum absolute atomic E-state index is 9.24. The van der Waals surface area contributed by atoms with Crippen LogP contribution in [0.5, 0.6) is 0 Å². The van der Waals surface area contributed by atoms with Crippen LogP contribution in [0.4, 0.5) is 0 Å². The fraction of sp³-hybridized carbons (Fsp3) is 0.409. The Balaban J connectivity index is 0.000000118. The van der Waals surface area contributed by atoms with E-state index in [1.165, 1.54) is 201 Å². The number of nitrogens with zero attached hydrogens (tertiary/aromatic N) is 4. The first-order valence-electron chi connectivity index (χ1n) is 47.1. The molecule has 0 aliphatic heterocycles. The SMILES string of the molecule is Cc1cc[n+](C)c2c1C(C)(C)C(C)(C)c1cc3c(c(C)c1-2)Cc1ccccc1-3.[2H]C(C)(C)c1cc[n+](C)c2c1C(C)(C)C(C)(C)c1cc3c(c(C)c1-2)Cc1ccccc1-3.[2H]C([2H])([2H])c1c[n+](C)c2c(c1C)C(C)(C)C(C)(C)c1cc3c(c(C)c1-2)Cc1ccccc1-3.[2H]C([2H])(c1cc[n+](C)c2c1C(C)(C)C(C)(C)c1cc3c(c(C)c1-2)Cc1ccccc1-3)C(C)(C)C. The summed E-state index contributed by atoms with van der Waals surface area (Å²) in [6.07, 6.45) is 10.8. The third kappa shape index (κ3) is 11.5. The summed E-state index contributed by atoms with van der Waals surface area (Å²) in [5.74, 6) is -0.649. The van der Waals surface area contributed by atoms with E-state index < -0.39 is 24.5 Å². The highest BCUT2D eigenvalue weighted by molar-refractivity contribution is 5.92. The van der Waals surface area contributed by atoms with Gasteiger partial charge in [-0.05, 0) is 293 Å². The van der Waals surface area contributed by atoms with Crippen molar-refractivity contribution in [2.45, 2.75) is 275 Å². The van der Waals surface area contributed by atoms with Gasteiger partial charge in [0.05, 0.1) is 22.3 Å². The van der Waals surface area contributed by atoms with Crippen molar-refractivity contribution in [1.29, 1.82) is 0 Å². The van der Waals surface area contributed by atoms with Crippen LogP contribution in [-0.2, 0) is 104 Å². The predicted octanol–water partition coefficient (Wildman–Crippen LogP) is 26.1. The summed E-state index contributed by atoms with van der Waals surface area (Å²) in [7, 11) is 8.50. The zero-order valence-corrected chi connectivity index (χ0v) is 77.7. The molecule has 0 N–H and O–H groups in total. The summed E-state index contributed by atoms with van der Waals surface area (Å²) in [4.78, 5) is 0. The molecule has 610 valence electrons. The highest BCUT2D eigenvalue weighted by Crippen LogP contribution is 2.63. The Hall–Kier alpha value is -9.64. The summed E-state index contributed by atoms with van der Waals surface area (Å²) in [5.41, 5.74) is 52.9. The lowest BCUT2D eigenvalue weighted by Gasteiger charge is -2.48. The maximum Gasteiger partial charge on any atom is 0.216 e. The van der Waals surface area contributed by atoms with Crippen LogP contribution >= 0.6 is 0 Å². The molecule has 119 heavy (non-hydrogen) atoms. The first-order valence-corrected chi connectivity index (χ1v) is 44.1. The van der Waals surface area contributed by atoms with Gasteiger partial charge in [-0.15, -0.1) is 0 Å². The Bertz CT molecular complexity index is 6680. The molecule has 4 heterocycles. The van der Waals surface area contributed by atoms with Crippen LogP contribution in [-0.4, -0.2) is 0 Å². The van der Waals surface area contributed by atoms with Crippen molar-refractivity contribution in [3.05, 3.63) is 303 Å². The van der Waals surface area contributed by atoms with Crippen LogP contribution in [0.3, 0.4) is 0 Å². The molecule has 0 unspecified atom stereocenters. The van der Waals surface area contributed by atoms with E-state index in [9.17, 15) is 2.74 Å². The fourth-order valence-electron chi connectivity index (χ4n) is 23.4.